The van der Waals surface area contributed by atoms with E-state index < -0.39 is 12.0 Å². The van der Waals surface area contributed by atoms with Gasteiger partial charge in [-0.3, -0.25) is 9.69 Å². The van der Waals surface area contributed by atoms with Gasteiger partial charge in [0, 0.05) is 26.2 Å². The lowest BCUT2D eigenvalue weighted by atomic mass is 10.0. The van der Waals surface area contributed by atoms with Gasteiger partial charge in [0.1, 0.15) is 6.04 Å². The predicted octanol–water partition coefficient (Wildman–Crippen LogP) is 1.13. The summed E-state index contributed by atoms with van der Waals surface area (Å²) in [4.78, 5) is 15.9. The number of rotatable bonds is 3. The van der Waals surface area contributed by atoms with Crippen LogP contribution in [0.25, 0.3) is 0 Å². The predicted molar refractivity (Wildman–Crippen MR) is 71.5 cm³/mol. The molecule has 2 rings (SSSR count). The zero-order chi connectivity index (χ0) is 13.0. The lowest BCUT2D eigenvalue weighted by Crippen LogP contribution is -2.52. The quantitative estimate of drug-likeness (QED) is 0.813. The SMILES string of the molecule is CN1CCN(C(C(=O)O)C2=CC=CC=CC2)CC1. The number of likely N-dealkylation sites (N-methyl/N-ethyl adjacent to an activating group) is 1. The van der Waals surface area contributed by atoms with E-state index in [1.165, 1.54) is 0 Å². The Labute approximate surface area is 108 Å². The first kappa shape index (κ1) is 13.1. The second-order valence-corrected chi connectivity index (χ2v) is 4.84. The van der Waals surface area contributed by atoms with Crippen molar-refractivity contribution in [2.75, 3.05) is 33.2 Å². The molecule has 0 spiro atoms. The molecule has 1 fully saturated rings. The van der Waals surface area contributed by atoms with Crippen LogP contribution in [0.4, 0.5) is 0 Å². The molecule has 4 heteroatoms. The Balaban J connectivity index is 2.13. The Kier molecular flexibility index (Phi) is 4.33. The second-order valence-electron chi connectivity index (χ2n) is 4.84. The Morgan fingerprint density at radius 3 is 2.61 bits per heavy atom. The van der Waals surface area contributed by atoms with Gasteiger partial charge in [-0.15, -0.1) is 0 Å². The summed E-state index contributed by atoms with van der Waals surface area (Å²) in [5, 5.41) is 9.49. The molecule has 1 unspecified atom stereocenters. The van der Waals surface area contributed by atoms with Gasteiger partial charge in [-0.2, -0.15) is 0 Å². The van der Waals surface area contributed by atoms with Crippen molar-refractivity contribution in [3.63, 3.8) is 0 Å². The monoisotopic (exact) mass is 248 g/mol. The molecule has 0 saturated carbocycles. The third-order valence-electron chi connectivity index (χ3n) is 3.51. The third-order valence-corrected chi connectivity index (χ3v) is 3.51. The average Bonchev–Trinajstić information content (AvgIpc) is 2.60. The number of carboxylic acids is 1. The van der Waals surface area contributed by atoms with Gasteiger partial charge in [-0.25, -0.2) is 0 Å². The first-order chi connectivity index (χ1) is 8.68. The van der Waals surface area contributed by atoms with E-state index in [-0.39, 0.29) is 0 Å². The maximum absolute atomic E-state index is 11.5. The highest BCUT2D eigenvalue weighted by molar-refractivity contribution is 5.77. The van der Waals surface area contributed by atoms with Gasteiger partial charge < -0.3 is 10.0 Å². The van der Waals surface area contributed by atoms with Crippen LogP contribution in [0, 0.1) is 0 Å². The zero-order valence-corrected chi connectivity index (χ0v) is 10.7. The smallest absolute Gasteiger partial charge is 0.325 e. The summed E-state index contributed by atoms with van der Waals surface area (Å²) in [6.07, 6.45) is 10.5. The Hall–Kier alpha value is -1.39. The van der Waals surface area contributed by atoms with Crippen LogP contribution >= 0.6 is 0 Å². The largest absolute Gasteiger partial charge is 0.480 e. The molecule has 4 nitrogen and oxygen atoms in total. The van der Waals surface area contributed by atoms with Crippen molar-refractivity contribution >= 4 is 5.97 Å². The molecule has 1 saturated heterocycles. The molecule has 1 N–H and O–H groups in total. The van der Waals surface area contributed by atoms with E-state index in [0.29, 0.717) is 0 Å². The molecule has 2 aliphatic rings. The number of allylic oxidation sites excluding steroid dienone is 5. The third kappa shape index (κ3) is 3.09. The number of carbonyl (C=O) groups is 1. The molecule has 0 radical (unpaired) electrons. The number of carboxylic acid groups (broad SMARTS) is 1. The number of aliphatic carboxylic acids is 1. The molecule has 98 valence electrons. The number of hydrogen-bond acceptors (Lipinski definition) is 3. The van der Waals surface area contributed by atoms with Gasteiger partial charge in [0.25, 0.3) is 0 Å². The highest BCUT2D eigenvalue weighted by atomic mass is 16.4. The summed E-state index contributed by atoms with van der Waals surface area (Å²) >= 11 is 0. The van der Waals surface area contributed by atoms with E-state index >= 15 is 0 Å². The highest BCUT2D eigenvalue weighted by Gasteiger charge is 2.30. The molecule has 1 heterocycles. The Bertz CT molecular complexity index is 391. The standard InChI is InChI=1S/C14H20N2O2/c1-15-8-10-16(11-9-15)13(14(17)18)12-6-4-2-3-5-7-12/h2-6,13H,7-11H2,1H3,(H,17,18). The van der Waals surface area contributed by atoms with Crippen molar-refractivity contribution in [3.8, 4) is 0 Å². The normalized spacial score (nSPS) is 23.5. The second kappa shape index (κ2) is 5.98. The van der Waals surface area contributed by atoms with Crippen molar-refractivity contribution in [2.24, 2.45) is 0 Å². The van der Waals surface area contributed by atoms with Crippen LogP contribution in [-0.4, -0.2) is 60.1 Å². The lowest BCUT2D eigenvalue weighted by molar-refractivity contribution is -0.142. The van der Waals surface area contributed by atoms with Crippen LogP contribution in [0.1, 0.15) is 6.42 Å². The van der Waals surface area contributed by atoms with Gasteiger partial charge in [0.15, 0.2) is 0 Å². The fraction of sp³-hybridized carbons (Fsp3) is 0.500. The van der Waals surface area contributed by atoms with E-state index in [0.717, 1.165) is 38.2 Å². The van der Waals surface area contributed by atoms with E-state index in [1.54, 1.807) is 0 Å². The van der Waals surface area contributed by atoms with Crippen molar-refractivity contribution in [2.45, 2.75) is 12.5 Å². The van der Waals surface area contributed by atoms with Gasteiger partial charge in [-0.1, -0.05) is 30.4 Å². The topological polar surface area (TPSA) is 43.8 Å². The molecule has 0 aromatic rings. The molecule has 1 atom stereocenters. The Morgan fingerprint density at radius 2 is 1.94 bits per heavy atom. The minimum Gasteiger partial charge on any atom is -0.480 e. The van der Waals surface area contributed by atoms with Crippen molar-refractivity contribution in [1.29, 1.82) is 0 Å². The molecule has 1 aliphatic carbocycles. The van der Waals surface area contributed by atoms with E-state index in [2.05, 4.69) is 16.8 Å². The Morgan fingerprint density at radius 1 is 1.22 bits per heavy atom. The molecular weight excluding hydrogens is 228 g/mol. The molecule has 0 aromatic carbocycles. The van der Waals surface area contributed by atoms with E-state index in [1.807, 2.05) is 30.4 Å². The van der Waals surface area contributed by atoms with Gasteiger partial charge in [-0.05, 0) is 19.0 Å². The molecule has 18 heavy (non-hydrogen) atoms. The maximum Gasteiger partial charge on any atom is 0.325 e. The maximum atomic E-state index is 11.5. The van der Waals surface area contributed by atoms with Gasteiger partial charge in [0.05, 0.1) is 0 Å². The van der Waals surface area contributed by atoms with Crippen LogP contribution in [0.5, 0.6) is 0 Å². The minimum atomic E-state index is -0.741. The molecule has 0 amide bonds. The van der Waals surface area contributed by atoms with Crippen molar-refractivity contribution in [1.82, 2.24) is 9.80 Å². The summed E-state index contributed by atoms with van der Waals surface area (Å²) in [6.45, 7) is 3.50. The van der Waals surface area contributed by atoms with E-state index in [4.69, 9.17) is 0 Å². The van der Waals surface area contributed by atoms with Gasteiger partial charge >= 0.3 is 5.97 Å². The fourth-order valence-electron chi connectivity index (χ4n) is 2.43. The van der Waals surface area contributed by atoms with Crippen LogP contribution in [0.15, 0.2) is 36.0 Å². The van der Waals surface area contributed by atoms with Crippen molar-refractivity contribution < 1.29 is 9.90 Å². The summed E-state index contributed by atoms with van der Waals surface area (Å²) in [6, 6.07) is -0.480. The first-order valence-corrected chi connectivity index (χ1v) is 6.36. The van der Waals surface area contributed by atoms with Crippen molar-refractivity contribution in [3.05, 3.63) is 36.0 Å². The average molecular weight is 248 g/mol. The summed E-state index contributed by atoms with van der Waals surface area (Å²) in [7, 11) is 2.07. The molecular formula is C14H20N2O2. The van der Waals surface area contributed by atoms with E-state index in [9.17, 15) is 9.90 Å². The van der Waals surface area contributed by atoms with Crippen LogP contribution in [-0.2, 0) is 4.79 Å². The summed E-state index contributed by atoms with van der Waals surface area (Å²) < 4.78 is 0. The van der Waals surface area contributed by atoms with Crippen LogP contribution < -0.4 is 0 Å². The minimum absolute atomic E-state index is 0.480. The molecule has 0 aromatic heterocycles. The first-order valence-electron chi connectivity index (χ1n) is 6.36. The summed E-state index contributed by atoms with van der Waals surface area (Å²) in [5.74, 6) is -0.741. The zero-order valence-electron chi connectivity index (χ0n) is 10.7. The highest BCUT2D eigenvalue weighted by Crippen LogP contribution is 2.19. The number of nitrogens with zero attached hydrogens (tertiary/aromatic N) is 2. The van der Waals surface area contributed by atoms with Crippen LogP contribution in [0.3, 0.4) is 0 Å². The van der Waals surface area contributed by atoms with Crippen LogP contribution in [0.2, 0.25) is 0 Å². The molecule has 1 aliphatic heterocycles. The fourth-order valence-corrected chi connectivity index (χ4v) is 2.43. The number of hydrogen-bond donors (Lipinski definition) is 1. The number of piperazine rings is 1. The summed E-state index contributed by atoms with van der Waals surface area (Å²) in [5.41, 5.74) is 0.969. The molecule has 0 bridgehead atoms. The van der Waals surface area contributed by atoms with Gasteiger partial charge in [0.2, 0.25) is 0 Å². The lowest BCUT2D eigenvalue weighted by Gasteiger charge is -2.36.